The number of nitrogens with zero attached hydrogens (tertiary/aromatic N) is 2. The molecular weight excluding hydrogens is 354 g/mol. The quantitative estimate of drug-likeness (QED) is 0.712. The SMILES string of the molecule is C#CCN(C)C(=O)C[C@@H]1CCNC[C@@H]1Cc1cc(COc2ccccc2)on1. The molecule has 1 fully saturated rings. The molecule has 1 amide bonds. The Labute approximate surface area is 166 Å². The Morgan fingerprint density at radius 2 is 2.21 bits per heavy atom. The first-order valence-corrected chi connectivity index (χ1v) is 9.66. The van der Waals surface area contributed by atoms with Crippen molar-refractivity contribution in [1.29, 1.82) is 0 Å². The molecule has 2 atom stereocenters. The lowest BCUT2D eigenvalue weighted by atomic mass is 9.81. The highest BCUT2D eigenvalue weighted by molar-refractivity contribution is 5.76. The Morgan fingerprint density at radius 1 is 1.39 bits per heavy atom. The highest BCUT2D eigenvalue weighted by Gasteiger charge is 2.29. The maximum Gasteiger partial charge on any atom is 0.223 e. The average molecular weight is 381 g/mol. The van der Waals surface area contributed by atoms with Gasteiger partial charge in [0.1, 0.15) is 12.4 Å². The fraction of sp³-hybridized carbons (Fsp3) is 0.455. The second kappa shape index (κ2) is 9.95. The van der Waals surface area contributed by atoms with Crippen LogP contribution in [0.1, 0.15) is 24.3 Å². The van der Waals surface area contributed by atoms with Crippen LogP contribution in [0.25, 0.3) is 0 Å². The van der Waals surface area contributed by atoms with Gasteiger partial charge in [0.25, 0.3) is 0 Å². The van der Waals surface area contributed by atoms with Gasteiger partial charge in [-0.15, -0.1) is 6.42 Å². The molecule has 3 rings (SSSR count). The van der Waals surface area contributed by atoms with Crippen LogP contribution in [-0.4, -0.2) is 42.6 Å². The number of rotatable bonds is 8. The molecule has 0 spiro atoms. The molecule has 0 aliphatic carbocycles. The monoisotopic (exact) mass is 381 g/mol. The van der Waals surface area contributed by atoms with Crippen molar-refractivity contribution < 1.29 is 14.1 Å². The van der Waals surface area contributed by atoms with Crippen molar-refractivity contribution in [1.82, 2.24) is 15.4 Å². The van der Waals surface area contributed by atoms with Gasteiger partial charge in [0.05, 0.1) is 12.2 Å². The molecule has 28 heavy (non-hydrogen) atoms. The summed E-state index contributed by atoms with van der Waals surface area (Å²) < 4.78 is 11.1. The number of carbonyl (C=O) groups is 1. The van der Waals surface area contributed by atoms with E-state index in [-0.39, 0.29) is 5.91 Å². The Balaban J connectivity index is 1.54. The van der Waals surface area contributed by atoms with Crippen LogP contribution in [0.2, 0.25) is 0 Å². The molecule has 0 radical (unpaired) electrons. The Hall–Kier alpha value is -2.78. The van der Waals surface area contributed by atoms with Gasteiger partial charge < -0.3 is 19.5 Å². The largest absolute Gasteiger partial charge is 0.486 e. The van der Waals surface area contributed by atoms with E-state index in [1.165, 1.54) is 0 Å². The Bertz CT molecular complexity index is 797. The first-order chi connectivity index (χ1) is 13.7. The van der Waals surface area contributed by atoms with Crippen molar-refractivity contribution in [2.75, 3.05) is 26.7 Å². The summed E-state index contributed by atoms with van der Waals surface area (Å²) >= 11 is 0. The topological polar surface area (TPSA) is 67.6 Å². The van der Waals surface area contributed by atoms with Gasteiger partial charge in [-0.05, 0) is 49.9 Å². The van der Waals surface area contributed by atoms with Gasteiger partial charge in [0, 0.05) is 19.5 Å². The Kier molecular flexibility index (Phi) is 7.10. The summed E-state index contributed by atoms with van der Waals surface area (Å²) in [4.78, 5) is 14.0. The molecule has 1 aromatic heterocycles. The maximum atomic E-state index is 12.4. The van der Waals surface area contributed by atoms with Crippen molar-refractivity contribution in [3.63, 3.8) is 0 Å². The fourth-order valence-electron chi connectivity index (χ4n) is 3.55. The second-order valence-electron chi connectivity index (χ2n) is 7.26. The van der Waals surface area contributed by atoms with Crippen LogP contribution >= 0.6 is 0 Å². The van der Waals surface area contributed by atoms with Crippen LogP contribution in [0.5, 0.6) is 5.75 Å². The van der Waals surface area contributed by atoms with E-state index < -0.39 is 0 Å². The zero-order valence-corrected chi connectivity index (χ0v) is 16.3. The van der Waals surface area contributed by atoms with Crippen LogP contribution in [0.4, 0.5) is 0 Å². The van der Waals surface area contributed by atoms with E-state index in [1.54, 1.807) is 11.9 Å². The number of hydrogen-bond donors (Lipinski definition) is 1. The van der Waals surface area contributed by atoms with Crippen molar-refractivity contribution in [3.8, 4) is 18.1 Å². The first kappa shape index (κ1) is 20.0. The molecule has 0 unspecified atom stereocenters. The number of piperidine rings is 1. The van der Waals surface area contributed by atoms with E-state index in [0.717, 1.165) is 37.4 Å². The molecule has 2 heterocycles. The number of aromatic nitrogens is 1. The molecule has 1 N–H and O–H groups in total. The highest BCUT2D eigenvalue weighted by atomic mass is 16.5. The fourth-order valence-corrected chi connectivity index (χ4v) is 3.55. The third kappa shape index (κ3) is 5.61. The van der Waals surface area contributed by atoms with Crippen molar-refractivity contribution in [3.05, 3.63) is 47.9 Å². The lowest BCUT2D eigenvalue weighted by molar-refractivity contribution is -0.131. The smallest absolute Gasteiger partial charge is 0.223 e. The van der Waals surface area contributed by atoms with E-state index in [0.29, 0.717) is 37.2 Å². The normalized spacial score (nSPS) is 19.0. The highest BCUT2D eigenvalue weighted by Crippen LogP contribution is 2.27. The standard InChI is InChI=1S/C22H27N3O3/c1-3-11-25(2)22(26)13-17-9-10-23-15-18(17)12-19-14-21(28-24-19)16-27-20-7-5-4-6-8-20/h1,4-8,14,17-18,23H,9-13,15-16H2,2H3/t17-,18-/m0/s1. The van der Waals surface area contributed by atoms with Gasteiger partial charge >= 0.3 is 0 Å². The summed E-state index contributed by atoms with van der Waals surface area (Å²) in [6, 6.07) is 11.6. The number of carbonyl (C=O) groups excluding carboxylic acids is 1. The van der Waals surface area contributed by atoms with E-state index in [4.69, 9.17) is 15.7 Å². The molecule has 1 saturated heterocycles. The van der Waals surface area contributed by atoms with Gasteiger partial charge in [0.15, 0.2) is 5.76 Å². The number of ether oxygens (including phenoxy) is 1. The summed E-state index contributed by atoms with van der Waals surface area (Å²) in [6.45, 7) is 2.50. The van der Waals surface area contributed by atoms with Crippen LogP contribution in [0.15, 0.2) is 40.9 Å². The third-order valence-corrected chi connectivity index (χ3v) is 5.16. The van der Waals surface area contributed by atoms with Crippen LogP contribution in [0, 0.1) is 24.2 Å². The van der Waals surface area contributed by atoms with Crippen molar-refractivity contribution in [2.24, 2.45) is 11.8 Å². The predicted molar refractivity (Wildman–Crippen MR) is 107 cm³/mol. The van der Waals surface area contributed by atoms with E-state index in [1.807, 2.05) is 36.4 Å². The third-order valence-electron chi connectivity index (χ3n) is 5.16. The summed E-state index contributed by atoms with van der Waals surface area (Å²) in [5, 5.41) is 7.62. The average Bonchev–Trinajstić information content (AvgIpc) is 3.16. The lowest BCUT2D eigenvalue weighted by Gasteiger charge is -2.32. The number of para-hydroxylation sites is 1. The lowest BCUT2D eigenvalue weighted by Crippen LogP contribution is -2.40. The molecule has 1 aliphatic heterocycles. The van der Waals surface area contributed by atoms with Crippen LogP contribution in [-0.2, 0) is 17.8 Å². The number of terminal acetylenes is 1. The predicted octanol–water partition coefficient (Wildman–Crippen LogP) is 2.50. The van der Waals surface area contributed by atoms with Crippen molar-refractivity contribution >= 4 is 5.91 Å². The van der Waals surface area contributed by atoms with E-state index >= 15 is 0 Å². The van der Waals surface area contributed by atoms with Gasteiger partial charge in [-0.1, -0.05) is 29.3 Å². The second-order valence-corrected chi connectivity index (χ2v) is 7.26. The van der Waals surface area contributed by atoms with E-state index in [2.05, 4.69) is 16.4 Å². The van der Waals surface area contributed by atoms with Gasteiger partial charge in [-0.3, -0.25) is 4.79 Å². The zero-order chi connectivity index (χ0) is 19.8. The van der Waals surface area contributed by atoms with Gasteiger partial charge in [-0.2, -0.15) is 0 Å². The molecule has 2 aromatic rings. The molecule has 6 heteroatoms. The van der Waals surface area contributed by atoms with Crippen molar-refractivity contribution in [2.45, 2.75) is 25.9 Å². The van der Waals surface area contributed by atoms with E-state index in [9.17, 15) is 4.79 Å². The minimum absolute atomic E-state index is 0.104. The molecule has 0 bridgehead atoms. The zero-order valence-electron chi connectivity index (χ0n) is 16.3. The van der Waals surface area contributed by atoms with Crippen LogP contribution in [0.3, 0.4) is 0 Å². The minimum atomic E-state index is 0.104. The number of benzene rings is 1. The maximum absolute atomic E-state index is 12.4. The Morgan fingerprint density at radius 3 is 3.00 bits per heavy atom. The number of hydrogen-bond acceptors (Lipinski definition) is 5. The molecule has 1 aromatic carbocycles. The summed E-state index contributed by atoms with van der Waals surface area (Å²) in [5.74, 6) is 4.77. The molecule has 148 valence electrons. The summed E-state index contributed by atoms with van der Waals surface area (Å²) in [5.41, 5.74) is 0.898. The number of amides is 1. The molecule has 0 saturated carbocycles. The summed E-state index contributed by atoms with van der Waals surface area (Å²) in [6.07, 6.45) is 7.58. The number of nitrogens with one attached hydrogen (secondary N) is 1. The van der Waals surface area contributed by atoms with Crippen LogP contribution < -0.4 is 10.1 Å². The summed E-state index contributed by atoms with van der Waals surface area (Å²) in [7, 11) is 1.76. The molecular formula is C22H27N3O3. The van der Waals surface area contributed by atoms with Gasteiger partial charge in [0.2, 0.25) is 5.91 Å². The molecule has 1 aliphatic rings. The minimum Gasteiger partial charge on any atom is -0.486 e. The van der Waals surface area contributed by atoms with Gasteiger partial charge in [-0.25, -0.2) is 0 Å². The molecule has 6 nitrogen and oxygen atoms in total. The first-order valence-electron chi connectivity index (χ1n) is 9.66.